The van der Waals surface area contributed by atoms with Gasteiger partial charge >= 0.3 is 5.69 Å². The molecule has 0 aliphatic heterocycles. The van der Waals surface area contributed by atoms with E-state index < -0.39 is 11.5 Å². The summed E-state index contributed by atoms with van der Waals surface area (Å²) in [6.07, 6.45) is 6.32. The highest BCUT2D eigenvalue weighted by Crippen LogP contribution is 2.33. The number of ether oxygens (including phenoxy) is 1. The molecule has 0 amide bonds. The third-order valence-electron chi connectivity index (χ3n) is 5.41. The van der Waals surface area contributed by atoms with Gasteiger partial charge in [-0.3, -0.25) is 19.1 Å². The molecule has 0 aliphatic rings. The fraction of sp³-hybridized carbons (Fsp3) is 0.227. The van der Waals surface area contributed by atoms with Crippen molar-refractivity contribution in [2.75, 3.05) is 14.2 Å². The second-order valence-electron chi connectivity index (χ2n) is 7.47. The second-order valence-corrected chi connectivity index (χ2v) is 7.47. The summed E-state index contributed by atoms with van der Waals surface area (Å²) in [4.78, 5) is 21.7. The molecule has 0 unspecified atom stereocenters. The number of hydrogen-bond donors (Lipinski definition) is 2. The number of pyridine rings is 2. The van der Waals surface area contributed by atoms with Gasteiger partial charge < -0.3 is 15.5 Å². The van der Waals surface area contributed by atoms with E-state index in [0.29, 0.717) is 50.9 Å². The van der Waals surface area contributed by atoms with Crippen LogP contribution in [0.4, 0.5) is 4.39 Å². The van der Waals surface area contributed by atoms with Crippen molar-refractivity contribution in [2.45, 2.75) is 13.3 Å². The summed E-state index contributed by atoms with van der Waals surface area (Å²) in [6, 6.07) is 3.51. The van der Waals surface area contributed by atoms with Crippen molar-refractivity contribution in [3.63, 3.8) is 0 Å². The van der Waals surface area contributed by atoms with Crippen LogP contribution in [0.15, 0.2) is 41.7 Å². The fourth-order valence-electron chi connectivity index (χ4n) is 3.89. The summed E-state index contributed by atoms with van der Waals surface area (Å²) in [5.41, 5.74) is 9.22. The third kappa shape index (κ3) is 3.25. The lowest BCUT2D eigenvalue weighted by atomic mass is 10.1. The van der Waals surface area contributed by atoms with Gasteiger partial charge in [0.25, 0.3) is 0 Å². The Bertz CT molecular complexity index is 1440. The maximum Gasteiger partial charge on any atom is 0.333 e. The van der Waals surface area contributed by atoms with Crippen LogP contribution in [0.2, 0.25) is 0 Å². The Morgan fingerprint density at radius 1 is 1.31 bits per heavy atom. The molecule has 9 nitrogen and oxygen atoms in total. The molecule has 0 saturated carbocycles. The van der Waals surface area contributed by atoms with Gasteiger partial charge in [0.1, 0.15) is 5.75 Å². The highest BCUT2D eigenvalue weighted by molar-refractivity contribution is 6.05. The number of halogens is 1. The van der Waals surface area contributed by atoms with Crippen LogP contribution < -0.4 is 22.0 Å². The molecule has 4 N–H and O–H groups in total. The van der Waals surface area contributed by atoms with Gasteiger partial charge in [-0.05, 0) is 18.1 Å². The summed E-state index contributed by atoms with van der Waals surface area (Å²) in [6.45, 7) is 1.88. The first-order chi connectivity index (χ1) is 15.3. The van der Waals surface area contributed by atoms with Gasteiger partial charge in [0.2, 0.25) is 0 Å². The topological polar surface area (TPSA) is 117 Å². The lowest BCUT2D eigenvalue weighted by molar-refractivity contribution is 0.413. The first-order valence-corrected chi connectivity index (χ1v) is 9.94. The van der Waals surface area contributed by atoms with E-state index >= 15 is 0 Å². The quantitative estimate of drug-likeness (QED) is 0.362. The standard InChI is InChI=1S/C22H24FN7O2/c1-5-12-8-26-9-15(23)20(12)30-21-14-6-13(16(24)11-28(2)25)19(32-4)7-17(14)27-10-18(21)29(3)22(30)31/h6-11H,5,24-25H2,1-4H3/b16-11-. The Balaban J connectivity index is 2.20. The van der Waals surface area contributed by atoms with Gasteiger partial charge in [-0.25, -0.2) is 15.0 Å². The zero-order valence-corrected chi connectivity index (χ0v) is 18.3. The number of aromatic nitrogens is 4. The van der Waals surface area contributed by atoms with Crippen molar-refractivity contribution < 1.29 is 9.13 Å². The summed E-state index contributed by atoms with van der Waals surface area (Å²) in [7, 11) is 4.80. The number of nitrogens with two attached hydrogens (primary N) is 2. The molecular weight excluding hydrogens is 413 g/mol. The maximum atomic E-state index is 15.0. The molecule has 0 saturated heterocycles. The van der Waals surface area contributed by atoms with Crippen LogP contribution in [-0.2, 0) is 13.5 Å². The largest absolute Gasteiger partial charge is 0.496 e. The molecule has 0 spiro atoms. The first kappa shape index (κ1) is 21.3. The van der Waals surface area contributed by atoms with Gasteiger partial charge in [-0.15, -0.1) is 0 Å². The fourth-order valence-corrected chi connectivity index (χ4v) is 3.89. The number of methoxy groups -OCH3 is 1. The van der Waals surface area contributed by atoms with E-state index in [2.05, 4.69) is 9.97 Å². The van der Waals surface area contributed by atoms with Crippen LogP contribution in [0, 0.1) is 5.82 Å². The Kier molecular flexibility index (Phi) is 5.31. The van der Waals surface area contributed by atoms with E-state index in [0.717, 1.165) is 6.20 Å². The normalized spacial score (nSPS) is 12.0. The number of imidazole rings is 1. The number of benzene rings is 1. The Hall–Kier alpha value is -3.92. The minimum Gasteiger partial charge on any atom is -0.496 e. The monoisotopic (exact) mass is 437 g/mol. The number of fused-ring (bicyclic) bond motifs is 3. The van der Waals surface area contributed by atoms with E-state index in [1.54, 1.807) is 44.8 Å². The van der Waals surface area contributed by atoms with E-state index in [1.165, 1.54) is 21.3 Å². The number of rotatable bonds is 5. The summed E-state index contributed by atoms with van der Waals surface area (Å²) < 4.78 is 23.3. The molecule has 166 valence electrons. The minimum atomic E-state index is -0.582. The van der Waals surface area contributed by atoms with Gasteiger partial charge in [0.15, 0.2) is 5.82 Å². The van der Waals surface area contributed by atoms with Gasteiger partial charge in [-0.2, -0.15) is 0 Å². The lowest BCUT2D eigenvalue weighted by Gasteiger charge is -2.14. The summed E-state index contributed by atoms with van der Waals surface area (Å²) >= 11 is 0. The summed E-state index contributed by atoms with van der Waals surface area (Å²) in [5, 5.41) is 1.95. The number of hydrogen-bond acceptors (Lipinski definition) is 7. The third-order valence-corrected chi connectivity index (χ3v) is 5.41. The zero-order valence-electron chi connectivity index (χ0n) is 18.3. The maximum absolute atomic E-state index is 15.0. The molecule has 0 aliphatic carbocycles. The van der Waals surface area contributed by atoms with Gasteiger partial charge in [0, 0.05) is 43.5 Å². The Morgan fingerprint density at radius 3 is 2.72 bits per heavy atom. The molecule has 3 aromatic heterocycles. The van der Waals surface area contributed by atoms with Crippen LogP contribution in [0.3, 0.4) is 0 Å². The number of hydrazine groups is 1. The Morgan fingerprint density at radius 2 is 2.06 bits per heavy atom. The molecule has 4 rings (SSSR count). The molecule has 0 bridgehead atoms. The predicted octanol–water partition coefficient (Wildman–Crippen LogP) is 2.05. The predicted molar refractivity (Wildman–Crippen MR) is 122 cm³/mol. The molecule has 3 heterocycles. The smallest absolute Gasteiger partial charge is 0.333 e. The van der Waals surface area contributed by atoms with E-state index in [4.69, 9.17) is 16.3 Å². The van der Waals surface area contributed by atoms with Crippen LogP contribution in [0.5, 0.6) is 5.75 Å². The lowest BCUT2D eigenvalue weighted by Crippen LogP contribution is -2.23. The van der Waals surface area contributed by atoms with Crippen molar-refractivity contribution in [3.05, 3.63) is 64.4 Å². The molecule has 32 heavy (non-hydrogen) atoms. The van der Waals surface area contributed by atoms with Crippen molar-refractivity contribution in [3.8, 4) is 11.4 Å². The van der Waals surface area contributed by atoms with Crippen LogP contribution >= 0.6 is 0 Å². The highest BCUT2D eigenvalue weighted by Gasteiger charge is 2.22. The van der Waals surface area contributed by atoms with Gasteiger partial charge in [0.05, 0.1) is 47.4 Å². The molecular formula is C22H24FN7O2. The molecule has 1 aromatic carbocycles. The van der Waals surface area contributed by atoms with Crippen molar-refractivity contribution in [1.29, 1.82) is 0 Å². The SMILES string of the molecule is CCc1cncc(F)c1-n1c(=O)n(C)c2cnc3cc(OC)c(/C(N)=C/N(C)N)cc3c21. The first-order valence-electron chi connectivity index (χ1n) is 9.94. The molecule has 0 radical (unpaired) electrons. The van der Waals surface area contributed by atoms with Crippen molar-refractivity contribution >= 4 is 27.6 Å². The van der Waals surface area contributed by atoms with Crippen LogP contribution in [0.25, 0.3) is 33.3 Å². The van der Waals surface area contributed by atoms with Crippen LogP contribution in [0.1, 0.15) is 18.1 Å². The number of aryl methyl sites for hydroxylation is 2. The molecule has 4 aromatic rings. The molecule has 0 fully saturated rings. The number of nitrogens with zero attached hydrogens (tertiary/aromatic N) is 5. The van der Waals surface area contributed by atoms with E-state index in [9.17, 15) is 9.18 Å². The van der Waals surface area contributed by atoms with Crippen molar-refractivity contribution in [1.82, 2.24) is 24.1 Å². The average Bonchev–Trinajstić information content (AvgIpc) is 3.02. The van der Waals surface area contributed by atoms with Crippen molar-refractivity contribution in [2.24, 2.45) is 18.6 Å². The molecule has 10 heteroatoms. The minimum absolute atomic E-state index is 0.174. The zero-order chi connectivity index (χ0) is 23.2. The highest BCUT2D eigenvalue weighted by atomic mass is 19.1. The average molecular weight is 437 g/mol. The van der Waals surface area contributed by atoms with E-state index in [-0.39, 0.29) is 5.69 Å². The van der Waals surface area contributed by atoms with Crippen LogP contribution in [-0.4, -0.2) is 38.3 Å². The summed E-state index contributed by atoms with van der Waals surface area (Å²) in [5.74, 6) is 5.64. The molecule has 0 atom stereocenters. The van der Waals surface area contributed by atoms with E-state index in [1.807, 2.05) is 6.92 Å². The second kappa shape index (κ2) is 7.97. The Labute approximate surface area is 183 Å². The van der Waals surface area contributed by atoms with Gasteiger partial charge in [-0.1, -0.05) is 6.92 Å².